The van der Waals surface area contributed by atoms with Crippen LogP contribution in [-0.4, -0.2) is 6.61 Å². The van der Waals surface area contributed by atoms with E-state index in [1.165, 1.54) is 39.2 Å². The van der Waals surface area contributed by atoms with Crippen LogP contribution in [0.15, 0.2) is 83.8 Å². The lowest BCUT2D eigenvalue weighted by atomic mass is 9.94. The SMILES string of the molecule is CCCCOSc1cccc(-c2ccccc2)c1-c1ccccc1. The van der Waals surface area contributed by atoms with Crippen LogP contribution in [0.5, 0.6) is 0 Å². The maximum Gasteiger partial charge on any atom is 0.0618 e. The Morgan fingerprint density at radius 2 is 1.42 bits per heavy atom. The van der Waals surface area contributed by atoms with Gasteiger partial charge >= 0.3 is 0 Å². The van der Waals surface area contributed by atoms with E-state index in [0.717, 1.165) is 19.4 Å². The van der Waals surface area contributed by atoms with Gasteiger partial charge in [0.05, 0.1) is 6.61 Å². The van der Waals surface area contributed by atoms with Crippen LogP contribution in [0, 0.1) is 0 Å². The zero-order chi connectivity index (χ0) is 16.6. The molecule has 0 saturated carbocycles. The molecule has 2 heteroatoms. The first-order valence-electron chi connectivity index (χ1n) is 8.43. The monoisotopic (exact) mass is 334 g/mol. The van der Waals surface area contributed by atoms with E-state index in [1.54, 1.807) is 0 Å². The standard InChI is InChI=1S/C22H22OS/c1-2-3-17-23-24-21-16-10-15-20(18-11-6-4-7-12-18)22(21)19-13-8-5-9-14-19/h4-16H,2-3,17H2,1H3. The van der Waals surface area contributed by atoms with Gasteiger partial charge < -0.3 is 4.18 Å². The topological polar surface area (TPSA) is 9.23 Å². The first-order valence-corrected chi connectivity index (χ1v) is 9.17. The molecule has 3 aromatic rings. The number of hydrogen-bond donors (Lipinski definition) is 0. The van der Waals surface area contributed by atoms with E-state index in [0.29, 0.717) is 0 Å². The smallest absolute Gasteiger partial charge is 0.0618 e. The van der Waals surface area contributed by atoms with Crippen molar-refractivity contribution >= 4 is 12.0 Å². The molecule has 0 aliphatic heterocycles. The third-order valence-electron chi connectivity index (χ3n) is 3.90. The summed E-state index contributed by atoms with van der Waals surface area (Å²) in [4.78, 5) is 1.17. The lowest BCUT2D eigenvalue weighted by Crippen LogP contribution is -1.91. The van der Waals surface area contributed by atoms with E-state index in [9.17, 15) is 0 Å². The minimum absolute atomic E-state index is 0.783. The third-order valence-corrected chi connectivity index (χ3v) is 4.71. The van der Waals surface area contributed by atoms with Crippen LogP contribution in [0.3, 0.4) is 0 Å². The predicted molar refractivity (Wildman–Crippen MR) is 104 cm³/mol. The number of benzene rings is 3. The summed E-state index contributed by atoms with van der Waals surface area (Å²) in [6.45, 7) is 2.96. The summed E-state index contributed by atoms with van der Waals surface area (Å²) < 4.78 is 5.83. The maximum absolute atomic E-state index is 5.83. The van der Waals surface area contributed by atoms with Crippen molar-refractivity contribution in [1.82, 2.24) is 0 Å². The maximum atomic E-state index is 5.83. The zero-order valence-electron chi connectivity index (χ0n) is 13.9. The first-order chi connectivity index (χ1) is 11.9. The van der Waals surface area contributed by atoms with Gasteiger partial charge in [-0.1, -0.05) is 86.1 Å². The van der Waals surface area contributed by atoms with Gasteiger partial charge in [-0.25, -0.2) is 0 Å². The van der Waals surface area contributed by atoms with Crippen LogP contribution in [0.25, 0.3) is 22.3 Å². The summed E-state index contributed by atoms with van der Waals surface area (Å²) in [5.41, 5.74) is 4.93. The van der Waals surface area contributed by atoms with Crippen LogP contribution in [-0.2, 0) is 4.18 Å². The van der Waals surface area contributed by atoms with Gasteiger partial charge in [-0.2, -0.15) is 0 Å². The zero-order valence-corrected chi connectivity index (χ0v) is 14.8. The van der Waals surface area contributed by atoms with Gasteiger partial charge in [0.15, 0.2) is 0 Å². The molecule has 3 rings (SSSR count). The first kappa shape index (κ1) is 16.8. The fourth-order valence-corrected chi connectivity index (χ4v) is 3.44. The highest BCUT2D eigenvalue weighted by Gasteiger charge is 2.13. The molecule has 0 radical (unpaired) electrons. The van der Waals surface area contributed by atoms with Crippen molar-refractivity contribution in [1.29, 1.82) is 0 Å². The van der Waals surface area contributed by atoms with Crippen LogP contribution < -0.4 is 0 Å². The van der Waals surface area contributed by atoms with Crippen LogP contribution >= 0.6 is 12.0 Å². The second-order valence-electron chi connectivity index (χ2n) is 5.67. The fourth-order valence-electron chi connectivity index (χ4n) is 2.67. The highest BCUT2D eigenvalue weighted by atomic mass is 32.2. The summed E-state index contributed by atoms with van der Waals surface area (Å²) in [5.74, 6) is 0. The molecule has 0 fully saturated rings. The summed E-state index contributed by atoms with van der Waals surface area (Å²) in [6.07, 6.45) is 2.24. The van der Waals surface area contributed by atoms with Gasteiger partial charge in [-0.05, 0) is 29.2 Å². The third kappa shape index (κ3) is 4.08. The molecule has 0 N–H and O–H groups in total. The second-order valence-corrected chi connectivity index (χ2v) is 6.51. The second kappa shape index (κ2) is 8.72. The van der Waals surface area contributed by atoms with E-state index < -0.39 is 0 Å². The molecule has 0 spiro atoms. The molecule has 3 aromatic carbocycles. The molecular weight excluding hydrogens is 312 g/mol. The van der Waals surface area contributed by atoms with Gasteiger partial charge in [0.25, 0.3) is 0 Å². The molecule has 0 atom stereocenters. The Balaban J connectivity index is 2.03. The van der Waals surface area contributed by atoms with E-state index in [1.807, 2.05) is 0 Å². The van der Waals surface area contributed by atoms with Gasteiger partial charge in [-0.3, -0.25) is 0 Å². The van der Waals surface area contributed by atoms with E-state index in [2.05, 4.69) is 85.8 Å². The van der Waals surface area contributed by atoms with Gasteiger partial charge in [-0.15, -0.1) is 0 Å². The van der Waals surface area contributed by atoms with Crippen LogP contribution in [0.2, 0.25) is 0 Å². The normalized spacial score (nSPS) is 10.7. The van der Waals surface area contributed by atoms with Crippen molar-refractivity contribution in [3.63, 3.8) is 0 Å². The molecule has 0 heterocycles. The number of unbranched alkanes of at least 4 members (excludes halogenated alkanes) is 1. The average Bonchev–Trinajstić information content (AvgIpc) is 2.66. The summed E-state index contributed by atoms with van der Waals surface area (Å²) in [5, 5.41) is 0. The van der Waals surface area contributed by atoms with Crippen molar-refractivity contribution < 1.29 is 4.18 Å². The van der Waals surface area contributed by atoms with Gasteiger partial charge in [0, 0.05) is 22.5 Å². The van der Waals surface area contributed by atoms with E-state index in [-0.39, 0.29) is 0 Å². The van der Waals surface area contributed by atoms with Crippen LogP contribution in [0.4, 0.5) is 0 Å². The Labute approximate surface area is 148 Å². The predicted octanol–water partition coefficient (Wildman–Crippen LogP) is 6.84. The molecular formula is C22H22OS. The molecule has 1 nitrogen and oxygen atoms in total. The molecule has 0 aromatic heterocycles. The summed E-state index contributed by atoms with van der Waals surface area (Å²) in [7, 11) is 0. The van der Waals surface area contributed by atoms with Crippen molar-refractivity contribution in [3.05, 3.63) is 78.9 Å². The Bertz CT molecular complexity index is 753. The highest BCUT2D eigenvalue weighted by molar-refractivity contribution is 7.94. The van der Waals surface area contributed by atoms with Crippen LogP contribution in [0.1, 0.15) is 19.8 Å². The van der Waals surface area contributed by atoms with E-state index in [4.69, 9.17) is 4.18 Å². The largest absolute Gasteiger partial charge is 0.310 e. The van der Waals surface area contributed by atoms with Crippen molar-refractivity contribution in [2.24, 2.45) is 0 Å². The number of hydrogen-bond acceptors (Lipinski definition) is 2. The minimum Gasteiger partial charge on any atom is -0.310 e. The Morgan fingerprint density at radius 1 is 0.750 bits per heavy atom. The molecule has 0 unspecified atom stereocenters. The number of rotatable bonds is 7. The molecule has 122 valence electrons. The average molecular weight is 334 g/mol. The molecule has 0 aliphatic rings. The summed E-state index contributed by atoms with van der Waals surface area (Å²) in [6, 6.07) is 27.5. The van der Waals surface area contributed by atoms with E-state index >= 15 is 0 Å². The Kier molecular flexibility index (Phi) is 6.11. The fraction of sp³-hybridized carbons (Fsp3) is 0.182. The van der Waals surface area contributed by atoms with Gasteiger partial charge in [0.2, 0.25) is 0 Å². The minimum atomic E-state index is 0.783. The molecule has 0 saturated heterocycles. The van der Waals surface area contributed by atoms with Crippen molar-refractivity contribution in [2.45, 2.75) is 24.7 Å². The lowest BCUT2D eigenvalue weighted by molar-refractivity contribution is 0.362. The summed E-state index contributed by atoms with van der Waals surface area (Å²) >= 11 is 1.49. The Hall–Kier alpha value is -2.03. The molecule has 0 bridgehead atoms. The molecule has 0 amide bonds. The van der Waals surface area contributed by atoms with Gasteiger partial charge in [0.1, 0.15) is 0 Å². The molecule has 0 aliphatic carbocycles. The molecule has 24 heavy (non-hydrogen) atoms. The van der Waals surface area contributed by atoms with Crippen molar-refractivity contribution in [2.75, 3.05) is 6.61 Å². The Morgan fingerprint density at radius 3 is 2.08 bits per heavy atom. The quantitative estimate of drug-likeness (QED) is 0.345. The van der Waals surface area contributed by atoms with Crippen molar-refractivity contribution in [3.8, 4) is 22.3 Å². The highest BCUT2D eigenvalue weighted by Crippen LogP contribution is 2.39. The lowest BCUT2D eigenvalue weighted by Gasteiger charge is -2.15.